The third kappa shape index (κ3) is 3.95. The van der Waals surface area contributed by atoms with Crippen LogP contribution in [0.1, 0.15) is 29.6 Å². The molecule has 2 heterocycles. The van der Waals surface area contributed by atoms with Gasteiger partial charge in [0.1, 0.15) is 0 Å². The van der Waals surface area contributed by atoms with Crippen LogP contribution < -0.4 is 0 Å². The summed E-state index contributed by atoms with van der Waals surface area (Å²) in [6.07, 6.45) is 4.69. The van der Waals surface area contributed by atoms with Gasteiger partial charge in [-0.1, -0.05) is 18.6 Å². The maximum Gasteiger partial charge on any atom is 0.336 e. The van der Waals surface area contributed by atoms with Crippen molar-refractivity contribution >= 4 is 38.7 Å². The first-order valence-electron chi connectivity index (χ1n) is 9.73. The monoisotopic (exact) mass is 442 g/mol. The molecule has 0 bridgehead atoms. The van der Waals surface area contributed by atoms with Crippen LogP contribution in [0, 0.1) is 0 Å². The molecule has 1 aliphatic heterocycles. The maximum absolute atomic E-state index is 13.0. The van der Waals surface area contributed by atoms with E-state index in [1.54, 1.807) is 17.8 Å². The molecule has 0 saturated carbocycles. The van der Waals surface area contributed by atoms with Gasteiger partial charge in [0.15, 0.2) is 0 Å². The molecule has 1 aromatic heterocycles. The van der Waals surface area contributed by atoms with Gasteiger partial charge >= 0.3 is 5.97 Å². The first-order chi connectivity index (χ1) is 14.4. The highest BCUT2D eigenvalue weighted by atomic mass is 32.2. The van der Waals surface area contributed by atoms with Gasteiger partial charge in [-0.25, -0.2) is 18.2 Å². The number of thioether (sulfide) groups is 1. The minimum absolute atomic E-state index is 0.0413. The van der Waals surface area contributed by atoms with Crippen LogP contribution >= 0.6 is 11.8 Å². The topological polar surface area (TPSA) is 87.6 Å². The number of nitrogens with zero attached hydrogens (tertiary/aromatic N) is 2. The summed E-state index contributed by atoms with van der Waals surface area (Å²) < 4.78 is 27.5. The Kier molecular flexibility index (Phi) is 5.81. The molecule has 4 rings (SSSR count). The summed E-state index contributed by atoms with van der Waals surface area (Å²) in [5.41, 5.74) is 1.84. The van der Waals surface area contributed by atoms with E-state index >= 15 is 0 Å². The van der Waals surface area contributed by atoms with Crippen molar-refractivity contribution in [3.05, 3.63) is 54.1 Å². The van der Waals surface area contributed by atoms with Gasteiger partial charge in [0.2, 0.25) is 10.0 Å². The fourth-order valence-electron chi connectivity index (χ4n) is 3.71. The van der Waals surface area contributed by atoms with Gasteiger partial charge in [0.05, 0.1) is 21.7 Å². The summed E-state index contributed by atoms with van der Waals surface area (Å²) in [4.78, 5) is 17.8. The molecule has 1 fully saturated rings. The average Bonchev–Trinajstić information content (AvgIpc) is 2.78. The van der Waals surface area contributed by atoms with Crippen molar-refractivity contribution < 1.29 is 18.3 Å². The Hall–Kier alpha value is -2.42. The van der Waals surface area contributed by atoms with E-state index in [9.17, 15) is 18.3 Å². The zero-order valence-electron chi connectivity index (χ0n) is 16.5. The van der Waals surface area contributed by atoms with Crippen molar-refractivity contribution in [2.24, 2.45) is 0 Å². The number of sulfonamides is 1. The maximum atomic E-state index is 13.0. The number of carbonyl (C=O) groups is 1. The minimum Gasteiger partial charge on any atom is -0.478 e. The van der Waals surface area contributed by atoms with Gasteiger partial charge in [0, 0.05) is 28.9 Å². The van der Waals surface area contributed by atoms with Gasteiger partial charge in [-0.3, -0.25) is 0 Å². The number of benzene rings is 2. The summed E-state index contributed by atoms with van der Waals surface area (Å²) >= 11 is 1.62. The molecule has 1 saturated heterocycles. The van der Waals surface area contributed by atoms with Crippen LogP contribution in [0.3, 0.4) is 0 Å². The van der Waals surface area contributed by atoms with Gasteiger partial charge in [-0.15, -0.1) is 11.8 Å². The molecule has 1 N–H and O–H groups in total. The van der Waals surface area contributed by atoms with Crippen LogP contribution in [0.2, 0.25) is 0 Å². The van der Waals surface area contributed by atoms with Crippen LogP contribution in [0.25, 0.3) is 22.2 Å². The Labute approximate surface area is 180 Å². The minimum atomic E-state index is -3.66. The average molecular weight is 443 g/mol. The molecule has 1 aliphatic rings. The van der Waals surface area contributed by atoms with Crippen LogP contribution in [-0.4, -0.2) is 48.1 Å². The molecule has 0 radical (unpaired) electrons. The summed E-state index contributed by atoms with van der Waals surface area (Å²) in [5.74, 6) is -1.11. The lowest BCUT2D eigenvalue weighted by molar-refractivity contribution is 0.0699. The van der Waals surface area contributed by atoms with E-state index in [-0.39, 0.29) is 10.5 Å². The van der Waals surface area contributed by atoms with E-state index < -0.39 is 16.0 Å². The second-order valence-electron chi connectivity index (χ2n) is 7.23. The van der Waals surface area contributed by atoms with Gasteiger partial charge < -0.3 is 5.11 Å². The van der Waals surface area contributed by atoms with Crippen molar-refractivity contribution in [2.45, 2.75) is 29.1 Å². The van der Waals surface area contributed by atoms with E-state index in [2.05, 4.69) is 4.98 Å². The van der Waals surface area contributed by atoms with Crippen molar-refractivity contribution in [1.29, 1.82) is 0 Å². The fraction of sp³-hybridized carbons (Fsp3) is 0.273. The molecule has 0 spiro atoms. The van der Waals surface area contributed by atoms with Crippen molar-refractivity contribution in [2.75, 3.05) is 19.3 Å². The van der Waals surface area contributed by atoms with Crippen LogP contribution in [0.15, 0.2) is 58.3 Å². The standard InChI is InChI=1S/C22H22N2O4S2/c1-29-16-7-5-15(6-8-16)21-14-19(22(25)26)18-13-17(9-10-20(18)23-21)30(27,28)24-11-3-2-4-12-24/h5-10,13-14H,2-4,11-12H2,1H3,(H,25,26). The Morgan fingerprint density at radius 3 is 2.37 bits per heavy atom. The number of carboxylic acids is 1. The zero-order chi connectivity index (χ0) is 21.3. The Morgan fingerprint density at radius 2 is 1.73 bits per heavy atom. The smallest absolute Gasteiger partial charge is 0.336 e. The predicted octanol–water partition coefficient (Wildman–Crippen LogP) is 4.50. The zero-order valence-corrected chi connectivity index (χ0v) is 18.2. The van der Waals surface area contributed by atoms with E-state index in [1.165, 1.54) is 22.5 Å². The first-order valence-corrected chi connectivity index (χ1v) is 12.4. The van der Waals surface area contributed by atoms with E-state index in [1.807, 2.05) is 30.5 Å². The molecule has 2 aromatic carbocycles. The molecule has 0 atom stereocenters. The lowest BCUT2D eigenvalue weighted by atomic mass is 10.0. The Balaban J connectivity index is 1.82. The lowest BCUT2D eigenvalue weighted by Gasteiger charge is -2.26. The largest absolute Gasteiger partial charge is 0.478 e. The summed E-state index contributed by atoms with van der Waals surface area (Å²) in [6, 6.07) is 13.8. The number of aromatic carboxylic acids is 1. The Bertz CT molecular complexity index is 1200. The highest BCUT2D eigenvalue weighted by Gasteiger charge is 2.27. The second-order valence-corrected chi connectivity index (χ2v) is 10.0. The number of rotatable bonds is 5. The molecular weight excluding hydrogens is 420 g/mol. The quantitative estimate of drug-likeness (QED) is 0.586. The predicted molar refractivity (Wildman–Crippen MR) is 119 cm³/mol. The second kappa shape index (κ2) is 8.37. The molecule has 30 heavy (non-hydrogen) atoms. The van der Waals surface area contributed by atoms with Crippen LogP contribution in [0.5, 0.6) is 0 Å². The highest BCUT2D eigenvalue weighted by Crippen LogP contribution is 2.29. The third-order valence-corrected chi connectivity index (χ3v) is 7.99. The fourth-order valence-corrected chi connectivity index (χ4v) is 5.66. The van der Waals surface area contributed by atoms with Gasteiger partial charge in [-0.05, 0) is 55.5 Å². The number of aromatic nitrogens is 1. The molecule has 0 amide bonds. The van der Waals surface area contributed by atoms with Gasteiger partial charge in [0.25, 0.3) is 0 Å². The molecular formula is C22H22N2O4S2. The van der Waals surface area contributed by atoms with Crippen LogP contribution in [-0.2, 0) is 10.0 Å². The number of fused-ring (bicyclic) bond motifs is 1. The molecule has 0 aliphatic carbocycles. The molecule has 8 heteroatoms. The van der Waals surface area contributed by atoms with Crippen molar-refractivity contribution in [3.8, 4) is 11.3 Å². The third-order valence-electron chi connectivity index (χ3n) is 5.35. The number of hydrogen-bond acceptors (Lipinski definition) is 5. The van der Waals surface area contributed by atoms with E-state index in [0.29, 0.717) is 29.7 Å². The van der Waals surface area contributed by atoms with E-state index in [4.69, 9.17) is 0 Å². The van der Waals surface area contributed by atoms with Gasteiger partial charge in [-0.2, -0.15) is 4.31 Å². The van der Waals surface area contributed by atoms with Crippen molar-refractivity contribution in [3.63, 3.8) is 0 Å². The van der Waals surface area contributed by atoms with Crippen LogP contribution in [0.4, 0.5) is 0 Å². The summed E-state index contributed by atoms with van der Waals surface area (Å²) in [6.45, 7) is 0.991. The molecule has 6 nitrogen and oxygen atoms in total. The lowest BCUT2D eigenvalue weighted by Crippen LogP contribution is -2.35. The van der Waals surface area contributed by atoms with E-state index in [0.717, 1.165) is 29.7 Å². The molecule has 3 aromatic rings. The summed E-state index contributed by atoms with van der Waals surface area (Å²) in [5, 5.41) is 10.1. The number of piperidine rings is 1. The van der Waals surface area contributed by atoms with Crippen molar-refractivity contribution in [1.82, 2.24) is 9.29 Å². The number of hydrogen-bond donors (Lipinski definition) is 1. The Morgan fingerprint density at radius 1 is 1.03 bits per heavy atom. The number of pyridine rings is 1. The SMILES string of the molecule is CSc1ccc(-c2cc(C(=O)O)c3cc(S(=O)(=O)N4CCCCC4)ccc3n2)cc1. The first kappa shape index (κ1) is 20.8. The summed E-state index contributed by atoms with van der Waals surface area (Å²) in [7, 11) is -3.66. The normalized spacial score (nSPS) is 15.4. The molecule has 0 unspecified atom stereocenters. The highest BCUT2D eigenvalue weighted by molar-refractivity contribution is 7.98. The molecule has 156 valence electrons. The number of carboxylic acid groups (broad SMARTS) is 1.